The molecule has 1 heterocycles. The van der Waals surface area contributed by atoms with Crippen molar-refractivity contribution in [3.8, 4) is 0 Å². The molecular formula is C18H24N2O2. The van der Waals surface area contributed by atoms with E-state index in [0.29, 0.717) is 12.0 Å². The molecule has 1 atom stereocenters. The number of rotatable bonds is 6. The molecule has 0 saturated carbocycles. The average molecular weight is 300 g/mol. The van der Waals surface area contributed by atoms with Crippen LogP contribution in [-0.2, 0) is 6.54 Å². The summed E-state index contributed by atoms with van der Waals surface area (Å²) in [5.74, 6) is -0.117. The molecule has 2 rings (SSSR count). The molecule has 1 unspecified atom stereocenters. The van der Waals surface area contributed by atoms with Crippen molar-refractivity contribution in [2.75, 3.05) is 6.61 Å². The van der Waals surface area contributed by atoms with Gasteiger partial charge >= 0.3 is 0 Å². The second-order valence-corrected chi connectivity index (χ2v) is 5.62. The maximum absolute atomic E-state index is 12.4. The first-order valence-electron chi connectivity index (χ1n) is 7.69. The quantitative estimate of drug-likeness (QED) is 0.861. The maximum atomic E-state index is 12.4. The molecule has 2 aromatic rings. The molecule has 0 aliphatic heterocycles. The highest BCUT2D eigenvalue weighted by molar-refractivity contribution is 5.95. The minimum atomic E-state index is -0.190. The lowest BCUT2D eigenvalue weighted by molar-refractivity contribution is 0.0914. The summed E-state index contributed by atoms with van der Waals surface area (Å²) in [5.41, 5.74) is 3.90. The number of aryl methyl sites for hydroxylation is 1. The Labute approximate surface area is 131 Å². The van der Waals surface area contributed by atoms with Crippen molar-refractivity contribution in [3.05, 3.63) is 58.9 Å². The Hall–Kier alpha value is -2.07. The number of amides is 1. The van der Waals surface area contributed by atoms with Gasteiger partial charge in [0.25, 0.3) is 5.91 Å². The predicted molar refractivity (Wildman–Crippen MR) is 88.1 cm³/mol. The van der Waals surface area contributed by atoms with E-state index < -0.39 is 0 Å². The molecule has 22 heavy (non-hydrogen) atoms. The fraction of sp³-hybridized carbons (Fsp3) is 0.389. The Morgan fingerprint density at radius 1 is 1.27 bits per heavy atom. The fourth-order valence-electron chi connectivity index (χ4n) is 2.58. The summed E-state index contributed by atoms with van der Waals surface area (Å²) in [5, 5.41) is 12.1. The van der Waals surface area contributed by atoms with Gasteiger partial charge in [0.1, 0.15) is 0 Å². The first kappa shape index (κ1) is 16.3. The second kappa shape index (κ2) is 7.27. The fourth-order valence-corrected chi connectivity index (χ4v) is 2.58. The zero-order valence-corrected chi connectivity index (χ0v) is 13.5. The Morgan fingerprint density at radius 2 is 1.95 bits per heavy atom. The van der Waals surface area contributed by atoms with Gasteiger partial charge in [0.15, 0.2) is 0 Å². The van der Waals surface area contributed by atoms with Crippen LogP contribution in [0.3, 0.4) is 0 Å². The number of carbonyl (C=O) groups excluding carboxylic acids is 1. The third-order valence-electron chi connectivity index (χ3n) is 4.05. The Balaban J connectivity index is 2.21. The van der Waals surface area contributed by atoms with Gasteiger partial charge in [0, 0.05) is 17.9 Å². The third kappa shape index (κ3) is 3.57. The van der Waals surface area contributed by atoms with Gasteiger partial charge in [-0.15, -0.1) is 0 Å². The lowest BCUT2D eigenvalue weighted by atomic mass is 10.2. The number of hydrogen-bond donors (Lipinski definition) is 2. The minimum absolute atomic E-state index is 0.0367. The zero-order chi connectivity index (χ0) is 16.1. The molecule has 4 heteroatoms. The molecule has 4 nitrogen and oxygen atoms in total. The van der Waals surface area contributed by atoms with Crippen molar-refractivity contribution in [1.29, 1.82) is 0 Å². The van der Waals surface area contributed by atoms with Gasteiger partial charge in [0.05, 0.1) is 18.2 Å². The molecule has 0 spiro atoms. The lowest BCUT2D eigenvalue weighted by Gasteiger charge is -2.14. The number of aromatic nitrogens is 1. The van der Waals surface area contributed by atoms with Gasteiger partial charge < -0.3 is 15.0 Å². The van der Waals surface area contributed by atoms with Gasteiger partial charge in [0.2, 0.25) is 0 Å². The van der Waals surface area contributed by atoms with Crippen molar-refractivity contribution in [1.82, 2.24) is 9.88 Å². The molecule has 0 aliphatic rings. The summed E-state index contributed by atoms with van der Waals surface area (Å²) in [7, 11) is 0. The van der Waals surface area contributed by atoms with Crippen LogP contribution in [0, 0.1) is 13.8 Å². The number of aliphatic hydroxyl groups excluding tert-OH is 1. The topological polar surface area (TPSA) is 54.3 Å². The Kier molecular flexibility index (Phi) is 5.39. The van der Waals surface area contributed by atoms with Crippen molar-refractivity contribution >= 4 is 5.91 Å². The highest BCUT2D eigenvalue weighted by Gasteiger charge is 2.18. The smallest absolute Gasteiger partial charge is 0.253 e. The molecule has 1 aromatic carbocycles. The summed E-state index contributed by atoms with van der Waals surface area (Å²) in [6.07, 6.45) is 0.713. The predicted octanol–water partition coefficient (Wildman–Crippen LogP) is 2.65. The van der Waals surface area contributed by atoms with Crippen molar-refractivity contribution < 1.29 is 9.90 Å². The van der Waals surface area contributed by atoms with Gasteiger partial charge in [-0.1, -0.05) is 37.3 Å². The van der Waals surface area contributed by atoms with E-state index >= 15 is 0 Å². The Bertz CT molecular complexity index is 628. The van der Waals surface area contributed by atoms with Crippen molar-refractivity contribution in [2.45, 2.75) is 39.8 Å². The number of nitrogens with zero attached hydrogens (tertiary/aromatic N) is 1. The van der Waals surface area contributed by atoms with Crippen LogP contribution in [0.4, 0.5) is 0 Å². The summed E-state index contributed by atoms with van der Waals surface area (Å²) < 4.78 is 2.14. The largest absolute Gasteiger partial charge is 0.394 e. The highest BCUT2D eigenvalue weighted by Crippen LogP contribution is 2.17. The number of carbonyl (C=O) groups is 1. The number of nitrogens with one attached hydrogen (secondary N) is 1. The highest BCUT2D eigenvalue weighted by atomic mass is 16.3. The van der Waals surface area contributed by atoms with E-state index in [9.17, 15) is 9.90 Å². The van der Waals surface area contributed by atoms with E-state index in [4.69, 9.17) is 0 Å². The van der Waals surface area contributed by atoms with Gasteiger partial charge in [-0.3, -0.25) is 4.79 Å². The van der Waals surface area contributed by atoms with Crippen LogP contribution in [-0.4, -0.2) is 28.2 Å². The van der Waals surface area contributed by atoms with E-state index in [-0.39, 0.29) is 18.6 Å². The standard InChI is InChI=1S/C18H24N2O2/c1-4-16(12-21)19-18(22)17-10-13(2)20(14(17)3)11-15-8-6-5-7-9-15/h5-10,16,21H,4,11-12H2,1-3H3,(H,19,22). The number of benzene rings is 1. The van der Waals surface area contributed by atoms with Crippen LogP contribution in [0.5, 0.6) is 0 Å². The molecule has 118 valence electrons. The first-order chi connectivity index (χ1) is 10.6. The maximum Gasteiger partial charge on any atom is 0.253 e. The van der Waals surface area contributed by atoms with E-state index in [1.54, 1.807) is 0 Å². The van der Waals surface area contributed by atoms with E-state index in [0.717, 1.165) is 17.9 Å². The molecule has 0 saturated heterocycles. The molecule has 1 aromatic heterocycles. The normalized spacial score (nSPS) is 12.2. The van der Waals surface area contributed by atoms with E-state index in [2.05, 4.69) is 22.0 Å². The molecule has 2 N–H and O–H groups in total. The van der Waals surface area contributed by atoms with Crippen LogP contribution in [0.2, 0.25) is 0 Å². The summed E-state index contributed by atoms with van der Waals surface area (Å²) in [6, 6.07) is 11.9. The van der Waals surface area contributed by atoms with Crippen LogP contribution in [0.15, 0.2) is 36.4 Å². The minimum Gasteiger partial charge on any atom is -0.394 e. The second-order valence-electron chi connectivity index (χ2n) is 5.62. The van der Waals surface area contributed by atoms with E-state index in [1.165, 1.54) is 5.56 Å². The van der Waals surface area contributed by atoms with Crippen LogP contribution in [0.25, 0.3) is 0 Å². The molecule has 0 aliphatic carbocycles. The van der Waals surface area contributed by atoms with Crippen molar-refractivity contribution in [3.63, 3.8) is 0 Å². The van der Waals surface area contributed by atoms with Gasteiger partial charge in [-0.05, 0) is 31.9 Å². The summed E-state index contributed by atoms with van der Waals surface area (Å²) in [6.45, 7) is 6.63. The van der Waals surface area contributed by atoms with Crippen LogP contribution < -0.4 is 5.32 Å². The summed E-state index contributed by atoms with van der Waals surface area (Å²) >= 11 is 0. The average Bonchev–Trinajstić information content (AvgIpc) is 2.81. The third-order valence-corrected chi connectivity index (χ3v) is 4.05. The molecule has 0 fully saturated rings. The number of aliphatic hydroxyl groups is 1. The van der Waals surface area contributed by atoms with Crippen molar-refractivity contribution in [2.24, 2.45) is 0 Å². The number of hydrogen-bond acceptors (Lipinski definition) is 2. The molecular weight excluding hydrogens is 276 g/mol. The van der Waals surface area contributed by atoms with Crippen LogP contribution >= 0.6 is 0 Å². The first-order valence-corrected chi connectivity index (χ1v) is 7.69. The van der Waals surface area contributed by atoms with Crippen LogP contribution in [0.1, 0.15) is 40.7 Å². The SMILES string of the molecule is CCC(CO)NC(=O)c1cc(C)n(Cc2ccccc2)c1C. The lowest BCUT2D eigenvalue weighted by Crippen LogP contribution is -2.37. The Morgan fingerprint density at radius 3 is 2.55 bits per heavy atom. The molecule has 0 radical (unpaired) electrons. The van der Waals surface area contributed by atoms with Gasteiger partial charge in [-0.25, -0.2) is 0 Å². The summed E-state index contributed by atoms with van der Waals surface area (Å²) in [4.78, 5) is 12.4. The van der Waals surface area contributed by atoms with E-state index in [1.807, 2.05) is 45.0 Å². The molecule has 0 bridgehead atoms. The zero-order valence-electron chi connectivity index (χ0n) is 13.5. The van der Waals surface area contributed by atoms with Gasteiger partial charge in [-0.2, -0.15) is 0 Å². The monoisotopic (exact) mass is 300 g/mol. The molecule has 1 amide bonds.